The number of carbonyl (C=O) groups excluding carboxylic acids is 1. The molecule has 1 aromatic carbocycles. The molecule has 0 fully saturated rings. The molecular weight excluding hydrogens is 306 g/mol. The van der Waals surface area contributed by atoms with Crippen LogP contribution in [0.1, 0.15) is 15.9 Å². The average Bonchev–Trinajstić information content (AvgIpc) is 2.91. The van der Waals surface area contributed by atoms with Crippen LogP contribution < -0.4 is 0 Å². The summed E-state index contributed by atoms with van der Waals surface area (Å²) in [6, 6.07) is 5.63. The molecule has 0 aliphatic heterocycles. The zero-order valence-corrected chi connectivity index (χ0v) is 13.4. The van der Waals surface area contributed by atoms with Crippen molar-refractivity contribution in [2.75, 3.05) is 14.2 Å². The number of ether oxygens (including phenoxy) is 1. The number of esters is 1. The lowest BCUT2D eigenvalue weighted by atomic mass is 10.2. The summed E-state index contributed by atoms with van der Waals surface area (Å²) in [7, 11) is 0.904. The van der Waals surface area contributed by atoms with Gasteiger partial charge in [-0.05, 0) is 24.3 Å². The maximum absolute atomic E-state index is 12.5. The summed E-state index contributed by atoms with van der Waals surface area (Å²) in [6.45, 7) is 0.217. The molecule has 118 valence electrons. The first kappa shape index (κ1) is 16.2. The van der Waals surface area contributed by atoms with Gasteiger partial charge in [-0.25, -0.2) is 13.2 Å². The lowest BCUT2D eigenvalue weighted by Gasteiger charge is -2.16. The van der Waals surface area contributed by atoms with Crippen LogP contribution in [0.15, 0.2) is 41.6 Å². The van der Waals surface area contributed by atoms with Gasteiger partial charge >= 0.3 is 5.97 Å². The number of nitrogens with zero attached hydrogens (tertiary/aromatic N) is 3. The molecule has 0 amide bonds. The fourth-order valence-electron chi connectivity index (χ4n) is 1.96. The Morgan fingerprint density at radius 1 is 1.32 bits per heavy atom. The van der Waals surface area contributed by atoms with Crippen molar-refractivity contribution in [3.05, 3.63) is 47.8 Å². The molecule has 0 N–H and O–H groups in total. The molecule has 0 atom stereocenters. The molecule has 2 rings (SSSR count). The van der Waals surface area contributed by atoms with E-state index in [0.29, 0.717) is 5.56 Å². The van der Waals surface area contributed by atoms with Crippen molar-refractivity contribution in [1.29, 1.82) is 0 Å². The number of hydrogen-bond acceptors (Lipinski definition) is 5. The van der Waals surface area contributed by atoms with Crippen LogP contribution in [0, 0.1) is 0 Å². The Morgan fingerprint density at radius 3 is 2.45 bits per heavy atom. The summed E-state index contributed by atoms with van der Waals surface area (Å²) in [6.07, 6.45) is 3.37. The summed E-state index contributed by atoms with van der Waals surface area (Å²) in [5, 5.41) is 4.01. The van der Waals surface area contributed by atoms with Gasteiger partial charge in [0, 0.05) is 32.4 Å². The maximum atomic E-state index is 12.5. The van der Waals surface area contributed by atoms with E-state index in [2.05, 4.69) is 9.84 Å². The van der Waals surface area contributed by atoms with Gasteiger partial charge in [-0.2, -0.15) is 9.40 Å². The van der Waals surface area contributed by atoms with Crippen molar-refractivity contribution >= 4 is 16.0 Å². The van der Waals surface area contributed by atoms with Crippen LogP contribution in [0.2, 0.25) is 0 Å². The molecule has 1 aromatic heterocycles. The number of aryl methyl sites for hydroxylation is 1. The van der Waals surface area contributed by atoms with E-state index >= 15 is 0 Å². The summed E-state index contributed by atoms with van der Waals surface area (Å²) >= 11 is 0. The second-order valence-electron chi connectivity index (χ2n) is 4.80. The summed E-state index contributed by atoms with van der Waals surface area (Å²) in [5.74, 6) is -0.507. The lowest BCUT2D eigenvalue weighted by molar-refractivity contribution is 0.0600. The van der Waals surface area contributed by atoms with E-state index in [4.69, 9.17) is 0 Å². The maximum Gasteiger partial charge on any atom is 0.337 e. The molecule has 0 saturated heterocycles. The lowest BCUT2D eigenvalue weighted by Crippen LogP contribution is -2.26. The van der Waals surface area contributed by atoms with Crippen molar-refractivity contribution in [3.8, 4) is 0 Å². The van der Waals surface area contributed by atoms with Gasteiger partial charge < -0.3 is 4.74 Å². The Hall–Kier alpha value is -2.19. The summed E-state index contributed by atoms with van der Waals surface area (Å²) in [4.78, 5) is 11.5. The first-order chi connectivity index (χ1) is 10.3. The number of carbonyl (C=O) groups is 1. The Bertz CT molecular complexity index is 766. The highest BCUT2D eigenvalue weighted by Gasteiger charge is 2.21. The van der Waals surface area contributed by atoms with Crippen LogP contribution in [-0.2, 0) is 28.4 Å². The quantitative estimate of drug-likeness (QED) is 0.768. The topological polar surface area (TPSA) is 81.5 Å². The van der Waals surface area contributed by atoms with Crippen LogP contribution >= 0.6 is 0 Å². The summed E-state index contributed by atoms with van der Waals surface area (Å²) < 4.78 is 32.4. The monoisotopic (exact) mass is 323 g/mol. The van der Waals surface area contributed by atoms with Crippen LogP contribution in [0.3, 0.4) is 0 Å². The van der Waals surface area contributed by atoms with Gasteiger partial charge in [0.1, 0.15) is 0 Å². The second-order valence-corrected chi connectivity index (χ2v) is 6.84. The van der Waals surface area contributed by atoms with Gasteiger partial charge in [-0.15, -0.1) is 0 Å². The van der Waals surface area contributed by atoms with Crippen molar-refractivity contribution < 1.29 is 17.9 Å². The zero-order chi connectivity index (χ0) is 16.3. The van der Waals surface area contributed by atoms with Gasteiger partial charge in [-0.1, -0.05) is 0 Å². The Kier molecular flexibility index (Phi) is 4.62. The highest BCUT2D eigenvalue weighted by Crippen LogP contribution is 2.17. The van der Waals surface area contributed by atoms with E-state index in [1.807, 2.05) is 0 Å². The van der Waals surface area contributed by atoms with Crippen LogP contribution in [-0.4, -0.2) is 42.6 Å². The largest absolute Gasteiger partial charge is 0.465 e. The van der Waals surface area contributed by atoms with Crippen LogP contribution in [0.5, 0.6) is 0 Å². The SMILES string of the molecule is COC(=O)c1ccc(S(=O)(=O)N(C)Cc2cnn(C)c2)cc1. The summed E-state index contributed by atoms with van der Waals surface area (Å²) in [5.41, 5.74) is 1.09. The molecule has 7 nitrogen and oxygen atoms in total. The standard InChI is InChI=1S/C14H17N3O4S/c1-16-9-11(8-15-16)10-17(2)22(19,20)13-6-4-12(5-7-13)14(18)21-3/h4-9H,10H2,1-3H3. The number of hydrogen-bond donors (Lipinski definition) is 0. The average molecular weight is 323 g/mol. The van der Waals surface area contributed by atoms with Gasteiger partial charge in [-0.3, -0.25) is 4.68 Å². The van der Waals surface area contributed by atoms with Crippen molar-refractivity contribution in [1.82, 2.24) is 14.1 Å². The molecule has 0 radical (unpaired) electrons. The Labute approximate surface area is 129 Å². The first-order valence-electron chi connectivity index (χ1n) is 6.47. The zero-order valence-electron chi connectivity index (χ0n) is 12.6. The first-order valence-corrected chi connectivity index (χ1v) is 7.91. The highest BCUT2D eigenvalue weighted by molar-refractivity contribution is 7.89. The second kappa shape index (κ2) is 6.29. The Balaban J connectivity index is 2.20. The van der Waals surface area contributed by atoms with E-state index in [9.17, 15) is 13.2 Å². The molecule has 0 unspecified atom stereocenters. The minimum atomic E-state index is -3.63. The predicted molar refractivity (Wildman–Crippen MR) is 79.6 cm³/mol. The highest BCUT2D eigenvalue weighted by atomic mass is 32.2. The van der Waals surface area contributed by atoms with E-state index < -0.39 is 16.0 Å². The van der Waals surface area contributed by atoms with Crippen LogP contribution in [0.4, 0.5) is 0 Å². The fourth-order valence-corrected chi connectivity index (χ4v) is 3.12. The minimum absolute atomic E-state index is 0.117. The van der Waals surface area contributed by atoms with Gasteiger partial charge in [0.05, 0.1) is 23.8 Å². The molecule has 22 heavy (non-hydrogen) atoms. The van der Waals surface area contributed by atoms with Crippen LogP contribution in [0.25, 0.3) is 0 Å². The normalized spacial score (nSPS) is 11.6. The number of methoxy groups -OCH3 is 1. The molecule has 2 aromatic rings. The molecule has 0 saturated carbocycles. The van der Waals surface area contributed by atoms with Crippen molar-refractivity contribution in [2.45, 2.75) is 11.4 Å². The van der Waals surface area contributed by atoms with E-state index in [-0.39, 0.29) is 11.4 Å². The molecule has 0 spiro atoms. The van der Waals surface area contributed by atoms with E-state index in [0.717, 1.165) is 5.56 Å². The molecule has 8 heteroatoms. The number of rotatable bonds is 5. The number of aromatic nitrogens is 2. The third-order valence-electron chi connectivity index (χ3n) is 3.15. The third kappa shape index (κ3) is 3.34. The smallest absolute Gasteiger partial charge is 0.337 e. The minimum Gasteiger partial charge on any atom is -0.465 e. The van der Waals surface area contributed by atoms with Crippen molar-refractivity contribution in [3.63, 3.8) is 0 Å². The number of benzene rings is 1. The molecule has 0 aliphatic carbocycles. The molecule has 0 aliphatic rings. The van der Waals surface area contributed by atoms with E-state index in [1.54, 1.807) is 24.1 Å². The Morgan fingerprint density at radius 2 is 1.95 bits per heavy atom. The van der Waals surface area contributed by atoms with E-state index in [1.165, 1.54) is 42.7 Å². The molecular formula is C14H17N3O4S. The van der Waals surface area contributed by atoms with Crippen molar-refractivity contribution in [2.24, 2.45) is 7.05 Å². The molecule has 0 bridgehead atoms. The third-order valence-corrected chi connectivity index (χ3v) is 4.96. The van der Waals surface area contributed by atoms with Gasteiger partial charge in [0.15, 0.2) is 0 Å². The van der Waals surface area contributed by atoms with Gasteiger partial charge in [0.25, 0.3) is 0 Å². The van der Waals surface area contributed by atoms with Gasteiger partial charge in [0.2, 0.25) is 10.0 Å². The number of sulfonamides is 1. The fraction of sp³-hybridized carbons (Fsp3) is 0.286. The molecule has 1 heterocycles. The predicted octanol–water partition coefficient (Wildman–Crippen LogP) is 1.03.